The largest absolute Gasteiger partial charge is 0.277 e. The van der Waals surface area contributed by atoms with Gasteiger partial charge in [-0.2, -0.15) is 0 Å². The summed E-state index contributed by atoms with van der Waals surface area (Å²) >= 11 is 0. The van der Waals surface area contributed by atoms with Crippen molar-refractivity contribution in [2.75, 3.05) is 11.9 Å². The van der Waals surface area contributed by atoms with Crippen molar-refractivity contribution in [2.45, 2.75) is 46.5 Å². The maximum Gasteiger partial charge on any atom is 0.266 e. The van der Waals surface area contributed by atoms with Gasteiger partial charge in [0, 0.05) is 7.05 Å². The lowest BCUT2D eigenvalue weighted by atomic mass is 9.98. The highest BCUT2D eigenvalue weighted by atomic mass is 16.2. The second-order valence-corrected chi connectivity index (χ2v) is 10.3. The number of nitrogens with zero attached hydrogens (tertiary/aromatic N) is 2. The Hall–Kier alpha value is -4.84. The molecule has 0 aromatic heterocycles. The first kappa shape index (κ1) is 30.1. The second kappa shape index (κ2) is 13.7. The zero-order valence-corrected chi connectivity index (χ0v) is 24.6. The van der Waals surface area contributed by atoms with Crippen LogP contribution < -0.4 is 4.90 Å². The summed E-state index contributed by atoms with van der Waals surface area (Å²) in [5, 5.41) is 0. The molecule has 0 unspecified atom stereocenters. The number of benzene rings is 4. The van der Waals surface area contributed by atoms with Crippen molar-refractivity contribution in [1.29, 1.82) is 0 Å². The minimum atomic E-state index is -0.348. The lowest BCUT2D eigenvalue weighted by Crippen LogP contribution is -2.29. The molecule has 4 amide bonds. The van der Waals surface area contributed by atoms with Gasteiger partial charge in [-0.05, 0) is 65.9 Å². The van der Waals surface area contributed by atoms with Gasteiger partial charge in [-0.1, -0.05) is 94.3 Å². The molecule has 0 N–H and O–H groups in total. The first-order valence-electron chi connectivity index (χ1n) is 14.4. The highest BCUT2D eigenvalue weighted by molar-refractivity contribution is 6.34. The Kier molecular flexibility index (Phi) is 9.81. The zero-order chi connectivity index (χ0) is 30.2. The lowest BCUT2D eigenvalue weighted by molar-refractivity contribution is 0.0692. The van der Waals surface area contributed by atoms with E-state index in [1.165, 1.54) is 36.8 Å². The summed E-state index contributed by atoms with van der Waals surface area (Å²) in [4.78, 5) is 52.2. The Morgan fingerprint density at radius 3 is 1.52 bits per heavy atom. The summed E-state index contributed by atoms with van der Waals surface area (Å²) in [7, 11) is 1.46. The van der Waals surface area contributed by atoms with E-state index in [4.69, 9.17) is 0 Å². The van der Waals surface area contributed by atoms with Crippen molar-refractivity contribution in [1.82, 2.24) is 4.90 Å². The van der Waals surface area contributed by atoms with E-state index in [1.807, 2.05) is 12.1 Å². The topological polar surface area (TPSA) is 74.8 Å². The van der Waals surface area contributed by atoms with E-state index < -0.39 is 0 Å². The van der Waals surface area contributed by atoms with Crippen LogP contribution in [0, 0.1) is 0 Å². The summed E-state index contributed by atoms with van der Waals surface area (Å²) in [5.74, 6) is -1.30. The van der Waals surface area contributed by atoms with Crippen LogP contribution in [0.4, 0.5) is 5.69 Å². The molecule has 0 saturated heterocycles. The molecule has 6 heteroatoms. The number of anilines is 1. The Balaban J connectivity index is 0.000000284. The van der Waals surface area contributed by atoms with E-state index in [1.54, 1.807) is 54.6 Å². The normalized spacial score (nSPS) is 13.2. The summed E-state index contributed by atoms with van der Waals surface area (Å²) < 4.78 is 0. The summed E-state index contributed by atoms with van der Waals surface area (Å²) in [5.41, 5.74) is 5.22. The predicted octanol–water partition coefficient (Wildman–Crippen LogP) is 7.36. The number of para-hydroxylation sites is 1. The standard InChI is InChI=1S/C24H16N2O4.C9H12.C3H8/c1-25-21(27)17-9-7-14(12-19(17)22(25)28)11-15-8-10-18-20(13-15)24(30)26(23(18)29)16-5-3-2-4-6-16;1-2-6-9-7-4-3-5-8-9;1-3-2/h2-10,12-13H,11H2,1H3;3-5,7-8H,2,6H2,1H3;3H2,1-2H3. The minimum absolute atomic E-state index is 0.302. The summed E-state index contributed by atoms with van der Waals surface area (Å²) in [6.07, 6.45) is 4.17. The van der Waals surface area contributed by atoms with Crippen molar-refractivity contribution in [3.8, 4) is 0 Å². The third-order valence-corrected chi connectivity index (χ3v) is 6.91. The van der Waals surface area contributed by atoms with Crippen LogP contribution in [0.1, 0.15) is 91.7 Å². The molecule has 6 rings (SSSR count). The Morgan fingerprint density at radius 1 is 0.524 bits per heavy atom. The lowest BCUT2D eigenvalue weighted by Gasteiger charge is -2.13. The molecule has 2 aliphatic rings. The van der Waals surface area contributed by atoms with Crippen molar-refractivity contribution in [3.05, 3.63) is 136 Å². The van der Waals surface area contributed by atoms with Crippen LogP contribution in [0.3, 0.4) is 0 Å². The summed E-state index contributed by atoms with van der Waals surface area (Å²) in [6, 6.07) is 29.8. The first-order chi connectivity index (χ1) is 20.3. The molecular formula is C36H36N2O4. The van der Waals surface area contributed by atoms with Crippen LogP contribution in [-0.2, 0) is 12.8 Å². The Bertz CT molecular complexity index is 1600. The van der Waals surface area contributed by atoms with Gasteiger partial charge in [0.15, 0.2) is 0 Å². The molecule has 0 saturated carbocycles. The monoisotopic (exact) mass is 560 g/mol. The maximum atomic E-state index is 12.9. The van der Waals surface area contributed by atoms with Crippen LogP contribution in [0.25, 0.3) is 0 Å². The van der Waals surface area contributed by atoms with Crippen LogP contribution in [0.15, 0.2) is 97.1 Å². The molecule has 0 bridgehead atoms. The van der Waals surface area contributed by atoms with Gasteiger partial charge < -0.3 is 0 Å². The number of fused-ring (bicyclic) bond motifs is 2. The Morgan fingerprint density at radius 2 is 0.976 bits per heavy atom. The number of hydrogen-bond acceptors (Lipinski definition) is 4. The average Bonchev–Trinajstić information content (AvgIpc) is 3.38. The number of rotatable bonds is 5. The molecular weight excluding hydrogens is 524 g/mol. The molecule has 4 aromatic rings. The van der Waals surface area contributed by atoms with E-state index in [2.05, 4.69) is 51.1 Å². The van der Waals surface area contributed by atoms with Crippen molar-refractivity contribution in [3.63, 3.8) is 0 Å². The molecule has 4 aromatic carbocycles. The molecule has 0 spiro atoms. The smallest absolute Gasteiger partial charge is 0.266 e. The molecule has 0 radical (unpaired) electrons. The van der Waals surface area contributed by atoms with Crippen LogP contribution in [0.2, 0.25) is 0 Å². The number of carbonyl (C=O) groups is 4. The van der Waals surface area contributed by atoms with Crippen molar-refractivity contribution < 1.29 is 19.2 Å². The van der Waals surface area contributed by atoms with E-state index in [0.29, 0.717) is 34.4 Å². The van der Waals surface area contributed by atoms with Crippen molar-refractivity contribution >= 4 is 29.3 Å². The van der Waals surface area contributed by atoms with E-state index in [0.717, 1.165) is 16.0 Å². The van der Waals surface area contributed by atoms with E-state index in [9.17, 15) is 19.2 Å². The first-order valence-corrected chi connectivity index (χ1v) is 14.4. The Labute approximate surface area is 247 Å². The van der Waals surface area contributed by atoms with Gasteiger partial charge in [-0.15, -0.1) is 0 Å². The number of imide groups is 2. The molecule has 0 atom stereocenters. The maximum absolute atomic E-state index is 12.9. The van der Waals surface area contributed by atoms with Gasteiger partial charge in [-0.3, -0.25) is 24.1 Å². The molecule has 0 fully saturated rings. The van der Waals surface area contributed by atoms with Gasteiger partial charge in [0.25, 0.3) is 23.6 Å². The zero-order valence-electron chi connectivity index (χ0n) is 24.6. The quantitative estimate of drug-likeness (QED) is 0.239. The number of carbonyl (C=O) groups excluding carboxylic acids is 4. The van der Waals surface area contributed by atoms with E-state index in [-0.39, 0.29) is 23.6 Å². The number of hydrogen-bond donors (Lipinski definition) is 0. The summed E-state index contributed by atoms with van der Waals surface area (Å²) in [6.45, 7) is 6.45. The third-order valence-electron chi connectivity index (χ3n) is 6.91. The fraction of sp³-hybridized carbons (Fsp3) is 0.222. The van der Waals surface area contributed by atoms with E-state index >= 15 is 0 Å². The van der Waals surface area contributed by atoms with Gasteiger partial charge >= 0.3 is 0 Å². The fourth-order valence-corrected chi connectivity index (χ4v) is 4.90. The molecule has 0 aliphatic carbocycles. The molecule has 2 heterocycles. The highest BCUT2D eigenvalue weighted by Crippen LogP contribution is 2.30. The molecule has 214 valence electrons. The average molecular weight is 561 g/mol. The molecule has 2 aliphatic heterocycles. The highest BCUT2D eigenvalue weighted by Gasteiger charge is 2.37. The third kappa shape index (κ3) is 6.39. The molecule has 6 nitrogen and oxygen atoms in total. The minimum Gasteiger partial charge on any atom is -0.277 e. The van der Waals surface area contributed by atoms with Crippen LogP contribution >= 0.6 is 0 Å². The number of amides is 4. The van der Waals surface area contributed by atoms with Gasteiger partial charge in [0.05, 0.1) is 27.9 Å². The van der Waals surface area contributed by atoms with Crippen LogP contribution in [0.5, 0.6) is 0 Å². The van der Waals surface area contributed by atoms with Crippen LogP contribution in [-0.4, -0.2) is 35.6 Å². The number of aryl methyl sites for hydroxylation is 1. The van der Waals surface area contributed by atoms with Crippen molar-refractivity contribution in [2.24, 2.45) is 0 Å². The van der Waals surface area contributed by atoms with Gasteiger partial charge in [0.1, 0.15) is 0 Å². The molecule has 42 heavy (non-hydrogen) atoms. The van der Waals surface area contributed by atoms with Gasteiger partial charge in [-0.25, -0.2) is 4.90 Å². The SMILES string of the molecule is CCC.CCCc1ccccc1.CN1C(=O)c2ccc(Cc3ccc4c(c3)C(=O)N(c3ccccc3)C4=O)cc2C1=O. The second-order valence-electron chi connectivity index (χ2n) is 10.3. The fourth-order valence-electron chi connectivity index (χ4n) is 4.90. The predicted molar refractivity (Wildman–Crippen MR) is 166 cm³/mol. The van der Waals surface area contributed by atoms with Gasteiger partial charge in [0.2, 0.25) is 0 Å².